The van der Waals surface area contributed by atoms with Crippen LogP contribution in [0.15, 0.2) is 36.9 Å². The van der Waals surface area contributed by atoms with Crippen LogP contribution in [0.3, 0.4) is 0 Å². The van der Waals surface area contributed by atoms with Gasteiger partial charge in [-0.3, -0.25) is 0 Å². The van der Waals surface area contributed by atoms with Crippen LogP contribution in [0, 0.1) is 23.7 Å². The van der Waals surface area contributed by atoms with Crippen molar-refractivity contribution in [2.75, 3.05) is 0 Å². The lowest BCUT2D eigenvalue weighted by Gasteiger charge is -2.34. The largest absolute Gasteiger partial charge is 0.307 e. The van der Waals surface area contributed by atoms with Crippen LogP contribution in [-0.2, 0) is 0 Å². The highest BCUT2D eigenvalue weighted by molar-refractivity contribution is 5.34. The molecule has 126 valence electrons. The summed E-state index contributed by atoms with van der Waals surface area (Å²) in [7, 11) is 0. The van der Waals surface area contributed by atoms with E-state index in [4.69, 9.17) is 0 Å². The maximum atomic E-state index is 4.19. The Morgan fingerprint density at radius 1 is 1.08 bits per heavy atom. The minimum atomic E-state index is 0.416. The minimum absolute atomic E-state index is 0.416. The quantitative estimate of drug-likeness (QED) is 0.932. The highest BCUT2D eigenvalue weighted by Crippen LogP contribution is 2.58. The molecule has 2 bridgehead atoms. The zero-order chi connectivity index (χ0) is 16.1. The normalized spacial score (nSPS) is 35.3. The number of aromatic nitrogens is 3. The number of nitrogens with zero attached hydrogens (tertiary/aromatic N) is 3. The second-order valence-electron chi connectivity index (χ2n) is 8.08. The van der Waals surface area contributed by atoms with Gasteiger partial charge in [-0.1, -0.05) is 18.6 Å². The summed E-state index contributed by atoms with van der Waals surface area (Å²) in [5.74, 6) is 4.06. The van der Waals surface area contributed by atoms with Gasteiger partial charge in [0.2, 0.25) is 0 Å². The predicted octanol–water partition coefficient (Wildman–Crippen LogP) is 3.74. The van der Waals surface area contributed by atoms with Crippen molar-refractivity contribution in [2.24, 2.45) is 23.7 Å². The van der Waals surface area contributed by atoms with E-state index in [0.717, 1.165) is 35.4 Å². The zero-order valence-corrected chi connectivity index (χ0v) is 14.3. The van der Waals surface area contributed by atoms with Gasteiger partial charge in [-0.15, -0.1) is 0 Å². The van der Waals surface area contributed by atoms with Crippen LogP contribution >= 0.6 is 0 Å². The van der Waals surface area contributed by atoms with Crippen molar-refractivity contribution in [3.05, 3.63) is 42.5 Å². The van der Waals surface area contributed by atoms with Crippen molar-refractivity contribution in [3.63, 3.8) is 0 Å². The number of benzene rings is 1. The molecule has 1 aromatic heterocycles. The van der Waals surface area contributed by atoms with Crippen molar-refractivity contribution >= 4 is 0 Å². The van der Waals surface area contributed by atoms with Gasteiger partial charge in [0.25, 0.3) is 0 Å². The molecule has 0 radical (unpaired) electrons. The second kappa shape index (κ2) is 5.69. The van der Waals surface area contributed by atoms with E-state index in [9.17, 15) is 0 Å². The topological polar surface area (TPSA) is 42.7 Å². The van der Waals surface area contributed by atoms with E-state index in [0.29, 0.717) is 6.04 Å². The molecule has 3 aliphatic carbocycles. The second-order valence-corrected chi connectivity index (χ2v) is 8.08. The Hall–Kier alpha value is -1.68. The molecule has 4 nitrogen and oxygen atoms in total. The van der Waals surface area contributed by atoms with E-state index in [2.05, 4.69) is 46.6 Å². The Morgan fingerprint density at radius 2 is 1.92 bits per heavy atom. The molecule has 4 heteroatoms. The number of hydrogen-bond acceptors (Lipinski definition) is 3. The van der Waals surface area contributed by atoms with E-state index in [1.165, 1.54) is 37.7 Å². The summed E-state index contributed by atoms with van der Waals surface area (Å²) >= 11 is 0. The number of hydrogen-bond donors (Lipinski definition) is 1. The van der Waals surface area contributed by atoms with Gasteiger partial charge < -0.3 is 5.32 Å². The molecule has 3 saturated carbocycles. The summed E-state index contributed by atoms with van der Waals surface area (Å²) < 4.78 is 1.80. The molecule has 5 rings (SSSR count). The van der Waals surface area contributed by atoms with Crippen LogP contribution in [0.25, 0.3) is 5.69 Å². The van der Waals surface area contributed by atoms with E-state index < -0.39 is 0 Å². The van der Waals surface area contributed by atoms with Gasteiger partial charge in [-0.2, -0.15) is 5.10 Å². The van der Waals surface area contributed by atoms with E-state index in [-0.39, 0.29) is 0 Å². The molecular formula is C20H26N4. The predicted molar refractivity (Wildman–Crippen MR) is 93.7 cm³/mol. The zero-order valence-electron chi connectivity index (χ0n) is 14.3. The van der Waals surface area contributed by atoms with Gasteiger partial charge >= 0.3 is 0 Å². The van der Waals surface area contributed by atoms with Crippen molar-refractivity contribution in [1.29, 1.82) is 0 Å². The maximum Gasteiger partial charge on any atom is 0.138 e. The lowest BCUT2D eigenvalue weighted by molar-refractivity contribution is 0.200. The Bertz CT molecular complexity index is 693. The van der Waals surface area contributed by atoms with Gasteiger partial charge in [-0.05, 0) is 74.0 Å². The van der Waals surface area contributed by atoms with Gasteiger partial charge in [-0.25, -0.2) is 9.67 Å². The van der Waals surface area contributed by atoms with E-state index >= 15 is 0 Å². The molecule has 6 atom stereocenters. The molecule has 0 aliphatic heterocycles. The average molecular weight is 322 g/mol. The van der Waals surface area contributed by atoms with Crippen LogP contribution in [0.2, 0.25) is 0 Å². The molecule has 1 N–H and O–H groups in total. The maximum absolute atomic E-state index is 4.19. The fourth-order valence-corrected chi connectivity index (χ4v) is 5.93. The standard InChI is InChI=1S/C20H26N4/c1-13(14-5-7-16(8-6-14)24-12-21-11-22-24)23-20-10-15-9-19(20)18-4-2-3-17(15)18/h5-8,11-13,15,17-20,23H,2-4,9-10H2,1H3. The molecule has 1 aromatic carbocycles. The van der Waals surface area contributed by atoms with Gasteiger partial charge in [0.1, 0.15) is 12.7 Å². The fourth-order valence-electron chi connectivity index (χ4n) is 5.93. The molecule has 3 fully saturated rings. The first-order chi connectivity index (χ1) is 11.8. The summed E-state index contributed by atoms with van der Waals surface area (Å²) in [6.45, 7) is 2.31. The molecule has 3 aliphatic rings. The molecular weight excluding hydrogens is 296 g/mol. The third-order valence-electron chi connectivity index (χ3n) is 6.97. The molecule has 0 spiro atoms. The van der Waals surface area contributed by atoms with E-state index in [1.807, 2.05) is 0 Å². The Kier molecular flexibility index (Phi) is 3.47. The molecule has 0 saturated heterocycles. The van der Waals surface area contributed by atoms with Crippen LogP contribution in [0.5, 0.6) is 0 Å². The molecule has 2 aromatic rings. The first-order valence-corrected chi connectivity index (χ1v) is 9.50. The van der Waals surface area contributed by atoms with Crippen molar-refractivity contribution in [1.82, 2.24) is 20.1 Å². The monoisotopic (exact) mass is 322 g/mol. The molecule has 24 heavy (non-hydrogen) atoms. The molecule has 6 unspecified atom stereocenters. The summed E-state index contributed by atoms with van der Waals surface area (Å²) in [5, 5.41) is 8.15. The smallest absolute Gasteiger partial charge is 0.138 e. The summed E-state index contributed by atoms with van der Waals surface area (Å²) in [6, 6.07) is 9.87. The first-order valence-electron chi connectivity index (χ1n) is 9.50. The third-order valence-corrected chi connectivity index (χ3v) is 6.97. The summed E-state index contributed by atoms with van der Waals surface area (Å²) in [6.07, 6.45) is 10.7. The first kappa shape index (κ1) is 14.6. The SMILES string of the molecule is CC(NC1CC2CC1C1CCCC21)c1ccc(-n2cncn2)cc1. The van der Waals surface area contributed by atoms with Crippen LogP contribution < -0.4 is 5.32 Å². The van der Waals surface area contributed by atoms with Gasteiger partial charge in [0, 0.05) is 12.1 Å². The number of nitrogens with one attached hydrogen (secondary N) is 1. The van der Waals surface area contributed by atoms with Crippen molar-refractivity contribution in [2.45, 2.75) is 51.1 Å². The van der Waals surface area contributed by atoms with Gasteiger partial charge in [0.15, 0.2) is 0 Å². The molecule has 0 amide bonds. The highest BCUT2D eigenvalue weighted by Gasteiger charge is 2.53. The highest BCUT2D eigenvalue weighted by atomic mass is 15.3. The number of rotatable bonds is 4. The van der Waals surface area contributed by atoms with Crippen LogP contribution in [0.1, 0.15) is 50.6 Å². The minimum Gasteiger partial charge on any atom is -0.307 e. The molecule has 1 heterocycles. The third kappa shape index (κ3) is 2.31. The van der Waals surface area contributed by atoms with Gasteiger partial charge in [0.05, 0.1) is 5.69 Å². The Balaban J connectivity index is 1.27. The van der Waals surface area contributed by atoms with Crippen LogP contribution in [0.4, 0.5) is 0 Å². The Labute approximate surface area is 143 Å². The lowest BCUT2D eigenvalue weighted by Crippen LogP contribution is -2.40. The van der Waals surface area contributed by atoms with Crippen molar-refractivity contribution in [3.8, 4) is 5.69 Å². The van der Waals surface area contributed by atoms with Crippen LogP contribution in [-0.4, -0.2) is 20.8 Å². The Morgan fingerprint density at radius 3 is 2.71 bits per heavy atom. The van der Waals surface area contributed by atoms with E-state index in [1.54, 1.807) is 17.3 Å². The summed E-state index contributed by atoms with van der Waals surface area (Å²) in [4.78, 5) is 4.01. The average Bonchev–Trinajstić information content (AvgIpc) is 3.36. The lowest BCUT2D eigenvalue weighted by atomic mass is 9.79. The fraction of sp³-hybridized carbons (Fsp3) is 0.600. The summed E-state index contributed by atoms with van der Waals surface area (Å²) in [5.41, 5.74) is 2.43. The number of fused-ring (bicyclic) bond motifs is 5. The van der Waals surface area contributed by atoms with Crippen molar-refractivity contribution < 1.29 is 0 Å².